The van der Waals surface area contributed by atoms with Crippen LogP contribution in [0.5, 0.6) is 11.5 Å². The lowest BCUT2D eigenvalue weighted by molar-refractivity contribution is 0.145. The maximum atomic E-state index is 13.3. The molecule has 1 aliphatic heterocycles. The van der Waals surface area contributed by atoms with E-state index in [2.05, 4.69) is 5.32 Å². The second kappa shape index (κ2) is 6.02. The fourth-order valence-corrected chi connectivity index (χ4v) is 2.30. The molecule has 5 heteroatoms. The number of phenols is 1. The first kappa shape index (κ1) is 13.1. The van der Waals surface area contributed by atoms with E-state index in [0.717, 1.165) is 26.2 Å². The van der Waals surface area contributed by atoms with Crippen molar-refractivity contribution in [2.45, 2.75) is 6.04 Å². The molecule has 1 aliphatic rings. The molecule has 1 heterocycles. The summed E-state index contributed by atoms with van der Waals surface area (Å²) in [7, 11) is 1.56. The molecule has 0 amide bonds. The van der Waals surface area contributed by atoms with E-state index < -0.39 is 12.7 Å². The van der Waals surface area contributed by atoms with Crippen molar-refractivity contribution in [3.05, 3.63) is 23.8 Å². The van der Waals surface area contributed by atoms with Gasteiger partial charge in [0, 0.05) is 31.7 Å². The number of alkyl halides is 1. The smallest absolute Gasteiger partial charge is 0.120 e. The van der Waals surface area contributed by atoms with Gasteiger partial charge >= 0.3 is 0 Å². The minimum absolute atomic E-state index is 0.122. The molecule has 0 bridgehead atoms. The monoisotopic (exact) mass is 254 g/mol. The molecule has 1 aromatic rings. The maximum absolute atomic E-state index is 13.3. The number of methoxy groups -OCH3 is 1. The zero-order chi connectivity index (χ0) is 13.0. The number of aromatic hydroxyl groups is 1. The van der Waals surface area contributed by atoms with E-state index in [1.807, 2.05) is 4.90 Å². The zero-order valence-corrected chi connectivity index (χ0v) is 10.5. The van der Waals surface area contributed by atoms with Crippen molar-refractivity contribution in [1.82, 2.24) is 10.2 Å². The van der Waals surface area contributed by atoms with Crippen LogP contribution in [0, 0.1) is 0 Å². The molecule has 1 aromatic carbocycles. The number of hydrogen-bond donors (Lipinski definition) is 2. The Morgan fingerprint density at radius 3 is 2.78 bits per heavy atom. The summed E-state index contributed by atoms with van der Waals surface area (Å²) in [6, 6.07) is 4.54. The molecular formula is C13H19FN2O2. The Kier molecular flexibility index (Phi) is 4.38. The van der Waals surface area contributed by atoms with Crippen LogP contribution in [-0.2, 0) is 0 Å². The Balaban J connectivity index is 2.25. The predicted molar refractivity (Wildman–Crippen MR) is 67.8 cm³/mol. The number of halogens is 1. The first-order valence-electron chi connectivity index (χ1n) is 6.14. The van der Waals surface area contributed by atoms with Crippen LogP contribution in [0.25, 0.3) is 0 Å². The highest BCUT2D eigenvalue weighted by atomic mass is 19.1. The fourth-order valence-electron chi connectivity index (χ4n) is 2.30. The Morgan fingerprint density at radius 1 is 1.44 bits per heavy atom. The summed E-state index contributed by atoms with van der Waals surface area (Å²) < 4.78 is 18.5. The van der Waals surface area contributed by atoms with Crippen molar-refractivity contribution in [2.24, 2.45) is 0 Å². The molecule has 1 fully saturated rings. The molecule has 100 valence electrons. The number of rotatable bonds is 4. The second-order valence-electron chi connectivity index (χ2n) is 4.38. The molecule has 18 heavy (non-hydrogen) atoms. The average Bonchev–Trinajstić information content (AvgIpc) is 2.43. The third-order valence-corrected chi connectivity index (χ3v) is 3.33. The Hall–Kier alpha value is -1.33. The summed E-state index contributed by atoms with van der Waals surface area (Å²) >= 11 is 0. The molecule has 0 saturated carbocycles. The molecule has 0 spiro atoms. The van der Waals surface area contributed by atoms with E-state index in [0.29, 0.717) is 11.3 Å². The van der Waals surface area contributed by atoms with Gasteiger partial charge in [-0.1, -0.05) is 0 Å². The van der Waals surface area contributed by atoms with E-state index in [9.17, 15) is 9.50 Å². The molecule has 0 unspecified atom stereocenters. The van der Waals surface area contributed by atoms with Crippen LogP contribution in [0.1, 0.15) is 11.6 Å². The Morgan fingerprint density at radius 2 is 2.17 bits per heavy atom. The van der Waals surface area contributed by atoms with E-state index in [4.69, 9.17) is 4.74 Å². The zero-order valence-electron chi connectivity index (χ0n) is 10.5. The van der Waals surface area contributed by atoms with Gasteiger partial charge in [0.1, 0.15) is 18.2 Å². The van der Waals surface area contributed by atoms with Gasteiger partial charge in [0.05, 0.1) is 13.2 Å². The topological polar surface area (TPSA) is 44.7 Å². The highest BCUT2D eigenvalue weighted by molar-refractivity contribution is 5.41. The van der Waals surface area contributed by atoms with Gasteiger partial charge in [-0.2, -0.15) is 0 Å². The quantitative estimate of drug-likeness (QED) is 0.850. The lowest BCUT2D eigenvalue weighted by atomic mass is 10.0. The first-order chi connectivity index (χ1) is 8.76. The van der Waals surface area contributed by atoms with Crippen molar-refractivity contribution >= 4 is 0 Å². The summed E-state index contributed by atoms with van der Waals surface area (Å²) in [6.07, 6.45) is 0. The summed E-state index contributed by atoms with van der Waals surface area (Å²) in [5.41, 5.74) is 0.596. The summed E-state index contributed by atoms with van der Waals surface area (Å²) in [5, 5.41) is 13.1. The first-order valence-corrected chi connectivity index (χ1v) is 6.14. The highest BCUT2D eigenvalue weighted by Crippen LogP contribution is 2.32. The van der Waals surface area contributed by atoms with Crippen LogP contribution in [0.3, 0.4) is 0 Å². The predicted octanol–water partition coefficient (Wildman–Crippen LogP) is 1.32. The SMILES string of the molecule is COc1ccc(O)c([C@@H](CF)N2CCNCC2)c1. The molecular weight excluding hydrogens is 235 g/mol. The lowest BCUT2D eigenvalue weighted by Crippen LogP contribution is -2.45. The van der Waals surface area contributed by atoms with E-state index >= 15 is 0 Å². The number of benzene rings is 1. The van der Waals surface area contributed by atoms with E-state index in [-0.39, 0.29) is 5.75 Å². The van der Waals surface area contributed by atoms with Crippen molar-refractivity contribution < 1.29 is 14.2 Å². The third kappa shape index (κ3) is 2.73. The van der Waals surface area contributed by atoms with Crippen molar-refractivity contribution in [2.75, 3.05) is 40.0 Å². The largest absolute Gasteiger partial charge is 0.508 e. The number of nitrogens with zero attached hydrogens (tertiary/aromatic N) is 1. The van der Waals surface area contributed by atoms with E-state index in [1.165, 1.54) is 0 Å². The number of phenolic OH excluding ortho intramolecular Hbond substituents is 1. The number of piperazine rings is 1. The number of ether oxygens (including phenoxy) is 1. The Bertz CT molecular complexity index is 395. The van der Waals surface area contributed by atoms with Gasteiger partial charge in [0.25, 0.3) is 0 Å². The molecule has 0 aliphatic carbocycles. The third-order valence-electron chi connectivity index (χ3n) is 3.33. The van der Waals surface area contributed by atoms with Gasteiger partial charge in [0.2, 0.25) is 0 Å². The van der Waals surface area contributed by atoms with Gasteiger partial charge in [-0.3, -0.25) is 4.90 Å². The van der Waals surface area contributed by atoms with Gasteiger partial charge in [-0.05, 0) is 18.2 Å². The molecule has 1 atom stereocenters. The second-order valence-corrected chi connectivity index (χ2v) is 4.38. The molecule has 0 radical (unpaired) electrons. The van der Waals surface area contributed by atoms with Crippen molar-refractivity contribution in [3.63, 3.8) is 0 Å². The average molecular weight is 254 g/mol. The van der Waals surface area contributed by atoms with Gasteiger partial charge in [0.15, 0.2) is 0 Å². The van der Waals surface area contributed by atoms with Crippen LogP contribution in [0.2, 0.25) is 0 Å². The van der Waals surface area contributed by atoms with Crippen molar-refractivity contribution in [3.8, 4) is 11.5 Å². The molecule has 2 N–H and O–H groups in total. The highest BCUT2D eigenvalue weighted by Gasteiger charge is 2.24. The minimum atomic E-state index is -0.513. The summed E-state index contributed by atoms with van der Waals surface area (Å²) in [5.74, 6) is 0.758. The number of hydrogen-bond acceptors (Lipinski definition) is 4. The van der Waals surface area contributed by atoms with Crippen LogP contribution in [0.4, 0.5) is 4.39 Å². The molecule has 2 rings (SSSR count). The standard InChI is InChI=1S/C13H19FN2O2/c1-18-10-2-3-13(17)11(8-10)12(9-14)16-6-4-15-5-7-16/h2-3,8,12,15,17H,4-7,9H2,1H3/t12-/m1/s1. The molecule has 1 saturated heterocycles. The Labute approximate surface area is 106 Å². The van der Waals surface area contributed by atoms with Gasteiger partial charge in [-0.25, -0.2) is 4.39 Å². The molecule has 0 aromatic heterocycles. The van der Waals surface area contributed by atoms with E-state index in [1.54, 1.807) is 25.3 Å². The van der Waals surface area contributed by atoms with Crippen LogP contribution in [0.15, 0.2) is 18.2 Å². The number of nitrogens with one attached hydrogen (secondary N) is 1. The summed E-state index contributed by atoms with van der Waals surface area (Å²) in [6.45, 7) is 2.75. The fraction of sp³-hybridized carbons (Fsp3) is 0.538. The van der Waals surface area contributed by atoms with Gasteiger partial charge < -0.3 is 15.2 Å². The maximum Gasteiger partial charge on any atom is 0.120 e. The normalized spacial score (nSPS) is 18.6. The van der Waals surface area contributed by atoms with Crippen molar-refractivity contribution in [1.29, 1.82) is 0 Å². The molecule has 4 nitrogen and oxygen atoms in total. The van der Waals surface area contributed by atoms with Crippen LogP contribution < -0.4 is 10.1 Å². The van der Waals surface area contributed by atoms with Crippen LogP contribution >= 0.6 is 0 Å². The van der Waals surface area contributed by atoms with Gasteiger partial charge in [-0.15, -0.1) is 0 Å². The van der Waals surface area contributed by atoms with Crippen LogP contribution in [-0.4, -0.2) is 50.0 Å². The lowest BCUT2D eigenvalue weighted by Gasteiger charge is -2.34. The minimum Gasteiger partial charge on any atom is -0.508 e. The summed E-state index contributed by atoms with van der Waals surface area (Å²) in [4.78, 5) is 2.05.